The number of halogens is 1. The van der Waals surface area contributed by atoms with Crippen LogP contribution in [0.5, 0.6) is 0 Å². The van der Waals surface area contributed by atoms with Gasteiger partial charge in [-0.2, -0.15) is 0 Å². The first-order valence-corrected chi connectivity index (χ1v) is 6.99. The van der Waals surface area contributed by atoms with Crippen molar-refractivity contribution in [2.45, 2.75) is 13.0 Å². The van der Waals surface area contributed by atoms with Crippen molar-refractivity contribution in [1.29, 1.82) is 0 Å². The highest BCUT2D eigenvalue weighted by Crippen LogP contribution is 2.18. The van der Waals surface area contributed by atoms with Gasteiger partial charge in [0.15, 0.2) is 0 Å². The molecule has 2 aromatic rings. The molecule has 0 aromatic heterocycles. The van der Waals surface area contributed by atoms with E-state index in [0.29, 0.717) is 11.3 Å². The van der Waals surface area contributed by atoms with Crippen molar-refractivity contribution in [2.24, 2.45) is 0 Å². The Morgan fingerprint density at radius 3 is 2.63 bits per heavy atom. The summed E-state index contributed by atoms with van der Waals surface area (Å²) in [6.45, 7) is 1.69. The summed E-state index contributed by atoms with van der Waals surface area (Å²) < 4.78 is 1.02. The summed E-state index contributed by atoms with van der Waals surface area (Å²) in [5.74, 6) is -0.152. The van der Waals surface area contributed by atoms with Crippen molar-refractivity contribution in [1.82, 2.24) is 0 Å². The second-order valence-electron chi connectivity index (χ2n) is 4.27. The number of aliphatic hydroxyl groups excluding tert-OH is 1. The molecular weight excluding hydrogens is 353 g/mol. The minimum absolute atomic E-state index is 0.152. The van der Waals surface area contributed by atoms with Gasteiger partial charge < -0.3 is 10.4 Å². The number of rotatable bonds is 3. The molecule has 0 aliphatic rings. The van der Waals surface area contributed by atoms with Crippen molar-refractivity contribution in [3.05, 3.63) is 63.2 Å². The predicted octanol–water partition coefficient (Wildman–Crippen LogP) is 3.60. The highest BCUT2D eigenvalue weighted by atomic mass is 127. The summed E-state index contributed by atoms with van der Waals surface area (Å²) in [6, 6.07) is 14.6. The number of carbonyl (C=O) groups is 1. The van der Waals surface area contributed by atoms with E-state index in [1.807, 2.05) is 30.3 Å². The molecule has 0 unspecified atom stereocenters. The van der Waals surface area contributed by atoms with Crippen LogP contribution in [-0.2, 0) is 0 Å². The van der Waals surface area contributed by atoms with E-state index in [0.717, 1.165) is 9.13 Å². The van der Waals surface area contributed by atoms with Crippen molar-refractivity contribution in [2.75, 3.05) is 5.32 Å². The first-order valence-electron chi connectivity index (χ1n) is 5.91. The van der Waals surface area contributed by atoms with Crippen LogP contribution in [-0.4, -0.2) is 11.0 Å². The Morgan fingerprint density at radius 1 is 1.21 bits per heavy atom. The summed E-state index contributed by atoms with van der Waals surface area (Å²) in [4.78, 5) is 12.1. The number of anilines is 1. The number of hydrogen-bond donors (Lipinski definition) is 2. The highest BCUT2D eigenvalue weighted by molar-refractivity contribution is 14.1. The van der Waals surface area contributed by atoms with Crippen molar-refractivity contribution in [3.63, 3.8) is 0 Å². The van der Waals surface area contributed by atoms with Crippen LogP contribution in [0.1, 0.15) is 28.9 Å². The molecule has 19 heavy (non-hydrogen) atoms. The zero-order valence-corrected chi connectivity index (χ0v) is 12.6. The minimum atomic E-state index is -0.547. The number of benzene rings is 2. The Kier molecular flexibility index (Phi) is 4.55. The van der Waals surface area contributed by atoms with Gasteiger partial charge in [0.05, 0.1) is 6.10 Å². The quantitative estimate of drug-likeness (QED) is 0.815. The van der Waals surface area contributed by atoms with E-state index >= 15 is 0 Å². The van der Waals surface area contributed by atoms with Crippen LogP contribution >= 0.6 is 22.6 Å². The summed E-state index contributed by atoms with van der Waals surface area (Å²) >= 11 is 2.17. The summed E-state index contributed by atoms with van der Waals surface area (Å²) in [5.41, 5.74) is 2.08. The normalized spacial score (nSPS) is 11.9. The van der Waals surface area contributed by atoms with Gasteiger partial charge in [-0.1, -0.05) is 18.2 Å². The van der Waals surface area contributed by atoms with Gasteiger partial charge in [0, 0.05) is 14.8 Å². The Bertz CT molecular complexity index is 596. The van der Waals surface area contributed by atoms with Crippen LogP contribution in [0.3, 0.4) is 0 Å². The summed E-state index contributed by atoms with van der Waals surface area (Å²) in [5, 5.41) is 12.3. The smallest absolute Gasteiger partial charge is 0.255 e. The maximum atomic E-state index is 12.1. The fourth-order valence-corrected chi connectivity index (χ4v) is 2.25. The standard InChI is InChI=1S/C15H14INO2/c1-10(18)11-4-3-7-14(9-11)17-15(19)12-5-2-6-13(16)8-12/h2-10,18H,1H3,(H,17,19)/t10-/m0/s1. The number of amides is 1. The van der Waals surface area contributed by atoms with Crippen LogP contribution in [0.15, 0.2) is 48.5 Å². The van der Waals surface area contributed by atoms with Crippen LogP contribution in [0, 0.1) is 3.57 Å². The van der Waals surface area contributed by atoms with Crippen LogP contribution in [0.4, 0.5) is 5.69 Å². The molecule has 0 fully saturated rings. The van der Waals surface area contributed by atoms with Crippen LogP contribution in [0.25, 0.3) is 0 Å². The van der Waals surface area contributed by atoms with Crippen molar-refractivity contribution < 1.29 is 9.90 Å². The van der Waals surface area contributed by atoms with E-state index in [9.17, 15) is 9.90 Å². The molecule has 0 heterocycles. The molecule has 2 aromatic carbocycles. The average molecular weight is 367 g/mol. The first-order chi connectivity index (χ1) is 9.06. The summed E-state index contributed by atoms with van der Waals surface area (Å²) in [6.07, 6.45) is -0.547. The Hall–Kier alpha value is -1.40. The molecule has 4 heteroatoms. The molecule has 0 aliphatic heterocycles. The van der Waals surface area contributed by atoms with Gasteiger partial charge in [-0.15, -0.1) is 0 Å². The van der Waals surface area contributed by atoms with E-state index in [1.165, 1.54) is 0 Å². The van der Waals surface area contributed by atoms with E-state index in [-0.39, 0.29) is 5.91 Å². The molecule has 0 saturated heterocycles. The lowest BCUT2D eigenvalue weighted by molar-refractivity contribution is 0.102. The van der Waals surface area contributed by atoms with Gasteiger partial charge in [0.25, 0.3) is 5.91 Å². The van der Waals surface area contributed by atoms with E-state index in [1.54, 1.807) is 25.1 Å². The Balaban J connectivity index is 2.17. The third-order valence-corrected chi connectivity index (χ3v) is 3.38. The maximum absolute atomic E-state index is 12.1. The zero-order valence-electron chi connectivity index (χ0n) is 10.4. The number of aliphatic hydroxyl groups is 1. The molecule has 0 bridgehead atoms. The lowest BCUT2D eigenvalue weighted by atomic mass is 10.1. The van der Waals surface area contributed by atoms with Gasteiger partial charge in [-0.3, -0.25) is 4.79 Å². The van der Waals surface area contributed by atoms with Gasteiger partial charge in [0.1, 0.15) is 0 Å². The number of hydrogen-bond acceptors (Lipinski definition) is 2. The minimum Gasteiger partial charge on any atom is -0.389 e. The van der Waals surface area contributed by atoms with Gasteiger partial charge in [-0.25, -0.2) is 0 Å². The predicted molar refractivity (Wildman–Crippen MR) is 84.2 cm³/mol. The van der Waals surface area contributed by atoms with E-state index in [2.05, 4.69) is 27.9 Å². The molecule has 0 saturated carbocycles. The van der Waals surface area contributed by atoms with E-state index < -0.39 is 6.10 Å². The lowest BCUT2D eigenvalue weighted by Gasteiger charge is -2.09. The molecule has 98 valence electrons. The third-order valence-electron chi connectivity index (χ3n) is 2.71. The fourth-order valence-electron chi connectivity index (χ4n) is 1.71. The van der Waals surface area contributed by atoms with E-state index in [4.69, 9.17) is 0 Å². The molecule has 1 amide bonds. The van der Waals surface area contributed by atoms with Gasteiger partial charge in [-0.05, 0) is 65.4 Å². The summed E-state index contributed by atoms with van der Waals surface area (Å²) in [7, 11) is 0. The monoisotopic (exact) mass is 367 g/mol. The maximum Gasteiger partial charge on any atom is 0.255 e. The molecule has 2 N–H and O–H groups in total. The second-order valence-corrected chi connectivity index (χ2v) is 5.51. The highest BCUT2D eigenvalue weighted by Gasteiger charge is 2.07. The molecule has 3 nitrogen and oxygen atoms in total. The van der Waals surface area contributed by atoms with Gasteiger partial charge >= 0.3 is 0 Å². The molecule has 0 aliphatic carbocycles. The first kappa shape index (κ1) is 14.0. The number of nitrogens with one attached hydrogen (secondary N) is 1. The fraction of sp³-hybridized carbons (Fsp3) is 0.133. The largest absolute Gasteiger partial charge is 0.389 e. The Morgan fingerprint density at radius 2 is 1.95 bits per heavy atom. The molecule has 1 atom stereocenters. The molecule has 0 radical (unpaired) electrons. The molecular formula is C15H14INO2. The SMILES string of the molecule is C[C@H](O)c1cccc(NC(=O)c2cccc(I)c2)c1. The van der Waals surface area contributed by atoms with Crippen LogP contribution in [0.2, 0.25) is 0 Å². The third kappa shape index (κ3) is 3.78. The molecule has 2 rings (SSSR count). The van der Waals surface area contributed by atoms with Crippen LogP contribution < -0.4 is 5.32 Å². The second kappa shape index (κ2) is 6.16. The zero-order chi connectivity index (χ0) is 13.8. The lowest BCUT2D eigenvalue weighted by Crippen LogP contribution is -2.12. The average Bonchev–Trinajstić information content (AvgIpc) is 2.39. The Labute approximate surface area is 125 Å². The van der Waals surface area contributed by atoms with Crippen molar-refractivity contribution >= 4 is 34.2 Å². The van der Waals surface area contributed by atoms with Gasteiger partial charge in [0.2, 0.25) is 0 Å². The molecule has 0 spiro atoms. The topological polar surface area (TPSA) is 49.3 Å². The number of carbonyl (C=O) groups excluding carboxylic acids is 1. The van der Waals surface area contributed by atoms with Crippen molar-refractivity contribution in [3.8, 4) is 0 Å².